The van der Waals surface area contributed by atoms with Crippen LogP contribution in [0, 0.1) is 0 Å². The molecule has 23 heavy (non-hydrogen) atoms. The highest BCUT2D eigenvalue weighted by Crippen LogP contribution is 2.28. The van der Waals surface area contributed by atoms with Gasteiger partial charge in [0.2, 0.25) is 6.29 Å². The molecule has 1 fully saturated rings. The molecule has 0 aliphatic carbocycles. The van der Waals surface area contributed by atoms with Crippen LogP contribution in [0.3, 0.4) is 0 Å². The lowest BCUT2D eigenvalue weighted by molar-refractivity contribution is -0.287. The number of aliphatic hydroxyl groups excluding tert-OH is 1. The van der Waals surface area contributed by atoms with Crippen molar-refractivity contribution in [3.05, 3.63) is 24.3 Å². The highest BCUT2D eigenvalue weighted by molar-refractivity contribution is 5.31. The predicted octanol–water partition coefficient (Wildman–Crippen LogP) is 0.836. The van der Waals surface area contributed by atoms with Gasteiger partial charge in [-0.15, -0.1) is 0 Å². The molecule has 0 spiro atoms. The Bertz CT molecular complexity index is 464. The number of hydrogen-bond acceptors (Lipinski definition) is 7. The standard InChI is InChI=1S/C16H24O7/c1-18-9-12-14(20-3)15(21-4)13(17)16(23-12)22-11-7-5-10(19-2)6-8-11/h5-8,12-17H,9H2,1-4H3/t12-,13-,14-,15-,16+/m1/s1. The maximum Gasteiger partial charge on any atom is 0.229 e. The summed E-state index contributed by atoms with van der Waals surface area (Å²) in [6, 6.07) is 7.01. The van der Waals surface area contributed by atoms with Gasteiger partial charge in [-0.1, -0.05) is 0 Å². The molecular weight excluding hydrogens is 304 g/mol. The van der Waals surface area contributed by atoms with E-state index in [1.165, 1.54) is 7.11 Å². The zero-order valence-electron chi connectivity index (χ0n) is 13.8. The molecule has 1 saturated heterocycles. The Kier molecular flexibility index (Phi) is 6.61. The van der Waals surface area contributed by atoms with Crippen molar-refractivity contribution in [1.82, 2.24) is 0 Å². The maximum atomic E-state index is 10.5. The van der Waals surface area contributed by atoms with Gasteiger partial charge in [0.15, 0.2) is 0 Å². The summed E-state index contributed by atoms with van der Waals surface area (Å²) >= 11 is 0. The lowest BCUT2D eigenvalue weighted by Gasteiger charge is -2.42. The van der Waals surface area contributed by atoms with Gasteiger partial charge in [-0.3, -0.25) is 0 Å². The summed E-state index contributed by atoms with van der Waals surface area (Å²) in [5.74, 6) is 1.27. The molecule has 2 rings (SSSR count). The van der Waals surface area contributed by atoms with Crippen LogP contribution >= 0.6 is 0 Å². The van der Waals surface area contributed by atoms with E-state index in [1.807, 2.05) is 0 Å². The Labute approximate surface area is 136 Å². The Balaban J connectivity index is 2.12. The largest absolute Gasteiger partial charge is 0.497 e. The van der Waals surface area contributed by atoms with E-state index in [-0.39, 0.29) is 0 Å². The van der Waals surface area contributed by atoms with E-state index in [0.717, 1.165) is 0 Å². The smallest absolute Gasteiger partial charge is 0.229 e. The third-order valence-corrected chi connectivity index (χ3v) is 3.80. The van der Waals surface area contributed by atoms with E-state index >= 15 is 0 Å². The van der Waals surface area contributed by atoms with E-state index in [2.05, 4.69) is 0 Å². The molecule has 7 nitrogen and oxygen atoms in total. The molecule has 7 heteroatoms. The summed E-state index contributed by atoms with van der Waals surface area (Å²) in [5, 5.41) is 10.5. The number of aliphatic hydroxyl groups is 1. The molecule has 1 heterocycles. The molecule has 1 aromatic carbocycles. The van der Waals surface area contributed by atoms with E-state index in [1.54, 1.807) is 45.6 Å². The molecule has 130 valence electrons. The zero-order chi connectivity index (χ0) is 16.8. The number of hydrogen-bond donors (Lipinski definition) is 1. The maximum absolute atomic E-state index is 10.5. The summed E-state index contributed by atoms with van der Waals surface area (Å²) in [6.07, 6.45) is -3.34. The zero-order valence-corrected chi connectivity index (χ0v) is 13.8. The SMILES string of the molecule is COC[C@H]1O[C@H](Oc2ccc(OC)cc2)[C@H](O)[C@@H](OC)[C@@H]1OC. The number of ether oxygens (including phenoxy) is 6. The van der Waals surface area contributed by atoms with E-state index in [4.69, 9.17) is 28.4 Å². The van der Waals surface area contributed by atoms with Crippen molar-refractivity contribution in [3.63, 3.8) is 0 Å². The molecule has 0 bridgehead atoms. The second kappa shape index (κ2) is 8.47. The number of rotatable bonds is 7. The average Bonchev–Trinajstić information content (AvgIpc) is 2.58. The van der Waals surface area contributed by atoms with Crippen molar-refractivity contribution in [2.45, 2.75) is 30.7 Å². The third-order valence-electron chi connectivity index (χ3n) is 3.80. The van der Waals surface area contributed by atoms with Gasteiger partial charge < -0.3 is 33.5 Å². The minimum Gasteiger partial charge on any atom is -0.497 e. The summed E-state index contributed by atoms with van der Waals surface area (Å²) in [4.78, 5) is 0. The average molecular weight is 328 g/mol. The van der Waals surface area contributed by atoms with E-state index in [9.17, 15) is 5.11 Å². The summed E-state index contributed by atoms with van der Waals surface area (Å²) < 4.78 is 32.6. The molecule has 0 saturated carbocycles. The van der Waals surface area contributed by atoms with Crippen molar-refractivity contribution in [3.8, 4) is 11.5 Å². The second-order valence-electron chi connectivity index (χ2n) is 5.18. The summed E-state index contributed by atoms with van der Waals surface area (Å²) in [7, 11) is 6.22. The van der Waals surface area contributed by atoms with Gasteiger partial charge in [0.1, 0.15) is 35.9 Å². The molecule has 0 unspecified atom stereocenters. The van der Waals surface area contributed by atoms with Gasteiger partial charge in [0.05, 0.1) is 13.7 Å². The van der Waals surface area contributed by atoms with Crippen LogP contribution in [0.4, 0.5) is 0 Å². The monoisotopic (exact) mass is 328 g/mol. The van der Waals surface area contributed by atoms with Crippen molar-refractivity contribution >= 4 is 0 Å². The van der Waals surface area contributed by atoms with Gasteiger partial charge >= 0.3 is 0 Å². The van der Waals surface area contributed by atoms with Crippen molar-refractivity contribution in [2.75, 3.05) is 35.0 Å². The summed E-state index contributed by atoms with van der Waals surface area (Å²) in [5.41, 5.74) is 0. The van der Waals surface area contributed by atoms with Crippen LogP contribution < -0.4 is 9.47 Å². The first-order valence-electron chi connectivity index (χ1n) is 7.33. The van der Waals surface area contributed by atoms with Crippen LogP contribution in [0.25, 0.3) is 0 Å². The highest BCUT2D eigenvalue weighted by Gasteiger charge is 2.47. The summed E-state index contributed by atoms with van der Waals surface area (Å²) in [6.45, 7) is 0.299. The second-order valence-corrected chi connectivity index (χ2v) is 5.18. The Morgan fingerprint density at radius 2 is 1.57 bits per heavy atom. The topological polar surface area (TPSA) is 75.6 Å². The highest BCUT2D eigenvalue weighted by atomic mass is 16.7. The molecule has 5 atom stereocenters. The van der Waals surface area contributed by atoms with Crippen LogP contribution in [-0.2, 0) is 18.9 Å². The Morgan fingerprint density at radius 1 is 0.957 bits per heavy atom. The third kappa shape index (κ3) is 4.13. The van der Waals surface area contributed by atoms with Gasteiger partial charge in [-0.2, -0.15) is 0 Å². The molecule has 1 aromatic rings. The van der Waals surface area contributed by atoms with Crippen LogP contribution in [0.2, 0.25) is 0 Å². The van der Waals surface area contributed by atoms with Gasteiger partial charge in [0.25, 0.3) is 0 Å². The molecular formula is C16H24O7. The molecule has 1 aliphatic heterocycles. The molecule has 0 radical (unpaired) electrons. The van der Waals surface area contributed by atoms with Gasteiger partial charge in [0, 0.05) is 21.3 Å². The van der Waals surface area contributed by atoms with Crippen LogP contribution in [0.1, 0.15) is 0 Å². The van der Waals surface area contributed by atoms with Crippen LogP contribution in [-0.4, -0.2) is 70.9 Å². The van der Waals surface area contributed by atoms with Crippen LogP contribution in [0.15, 0.2) is 24.3 Å². The first kappa shape index (κ1) is 18.0. The lowest BCUT2D eigenvalue weighted by Crippen LogP contribution is -2.61. The van der Waals surface area contributed by atoms with Crippen molar-refractivity contribution < 1.29 is 33.5 Å². The lowest BCUT2D eigenvalue weighted by atomic mass is 9.98. The van der Waals surface area contributed by atoms with Gasteiger partial charge in [-0.05, 0) is 24.3 Å². The number of methoxy groups -OCH3 is 4. The normalized spacial score (nSPS) is 30.9. The fraction of sp³-hybridized carbons (Fsp3) is 0.625. The Morgan fingerprint density at radius 3 is 2.09 bits per heavy atom. The molecule has 0 amide bonds. The predicted molar refractivity (Wildman–Crippen MR) is 81.8 cm³/mol. The first-order valence-corrected chi connectivity index (χ1v) is 7.33. The van der Waals surface area contributed by atoms with E-state index in [0.29, 0.717) is 18.1 Å². The first-order chi connectivity index (χ1) is 11.1. The Hall–Kier alpha value is -1.38. The minimum atomic E-state index is -1.000. The van der Waals surface area contributed by atoms with E-state index < -0.39 is 30.7 Å². The van der Waals surface area contributed by atoms with Crippen molar-refractivity contribution in [1.29, 1.82) is 0 Å². The minimum absolute atomic E-state index is 0.299. The van der Waals surface area contributed by atoms with Gasteiger partial charge in [-0.25, -0.2) is 0 Å². The molecule has 1 N–H and O–H groups in total. The quantitative estimate of drug-likeness (QED) is 0.795. The fourth-order valence-corrected chi connectivity index (χ4v) is 2.63. The fourth-order valence-electron chi connectivity index (χ4n) is 2.63. The molecule has 0 aromatic heterocycles. The van der Waals surface area contributed by atoms with Crippen LogP contribution in [0.5, 0.6) is 11.5 Å². The van der Waals surface area contributed by atoms with Crippen molar-refractivity contribution in [2.24, 2.45) is 0 Å². The number of benzene rings is 1. The molecule has 1 aliphatic rings.